The van der Waals surface area contributed by atoms with Gasteiger partial charge in [-0.05, 0) is 11.6 Å². The van der Waals surface area contributed by atoms with E-state index in [1.807, 2.05) is 0 Å². The third-order valence-electron chi connectivity index (χ3n) is 3.32. The van der Waals surface area contributed by atoms with Crippen LogP contribution in [0, 0.1) is 10.1 Å². The van der Waals surface area contributed by atoms with Crippen molar-refractivity contribution in [3.8, 4) is 0 Å². The molecule has 112 valence electrons. The maximum absolute atomic E-state index is 11.8. The Balaban J connectivity index is 1.83. The summed E-state index contributed by atoms with van der Waals surface area (Å²) < 4.78 is 5.25. The van der Waals surface area contributed by atoms with E-state index in [1.165, 1.54) is 18.2 Å². The van der Waals surface area contributed by atoms with Crippen molar-refractivity contribution in [3.05, 3.63) is 46.0 Å². The number of carbonyl (C=O) groups is 1. The molecule has 0 aliphatic carbocycles. The number of nitro groups is 1. The third-order valence-corrected chi connectivity index (χ3v) is 3.32. The van der Waals surface area contributed by atoms with Crippen molar-refractivity contribution in [1.82, 2.24) is 4.90 Å². The topological polar surface area (TPSA) is 72.7 Å². The van der Waals surface area contributed by atoms with Gasteiger partial charge in [0.25, 0.3) is 5.69 Å². The molecule has 0 bridgehead atoms. The van der Waals surface area contributed by atoms with Gasteiger partial charge in [-0.3, -0.25) is 19.8 Å². The van der Waals surface area contributed by atoms with E-state index in [-0.39, 0.29) is 11.5 Å². The van der Waals surface area contributed by atoms with Crippen LogP contribution in [0.5, 0.6) is 0 Å². The Hall–Kier alpha value is -2.05. The van der Waals surface area contributed by atoms with Crippen LogP contribution in [-0.2, 0) is 9.53 Å². The molecule has 0 amide bonds. The van der Waals surface area contributed by atoms with Crippen molar-refractivity contribution >= 4 is 17.5 Å². The Morgan fingerprint density at radius 2 is 2.14 bits per heavy atom. The molecular weight excluding hydrogens is 272 g/mol. The summed E-state index contributed by atoms with van der Waals surface area (Å²) >= 11 is 0. The standard InChI is InChI=1S/C15H18N2O4/c18-15(6-7-16-8-10-21-11-9-16)5-4-13-2-1-3-14(12-13)17(19)20/h1-5,12H,6-11H2/b5-4+. The maximum atomic E-state index is 11.8. The third kappa shape index (κ3) is 5.09. The van der Waals surface area contributed by atoms with Crippen molar-refractivity contribution in [2.75, 3.05) is 32.8 Å². The number of nitro benzene ring substituents is 1. The molecule has 2 rings (SSSR count). The number of rotatable bonds is 6. The largest absolute Gasteiger partial charge is 0.379 e. The minimum atomic E-state index is -0.447. The van der Waals surface area contributed by atoms with Gasteiger partial charge in [0, 0.05) is 38.2 Å². The number of ketones is 1. The van der Waals surface area contributed by atoms with Gasteiger partial charge in [-0.2, -0.15) is 0 Å². The molecule has 0 saturated carbocycles. The second-order valence-electron chi connectivity index (χ2n) is 4.86. The van der Waals surface area contributed by atoms with Gasteiger partial charge in [0.15, 0.2) is 5.78 Å². The van der Waals surface area contributed by atoms with Crippen LogP contribution in [0.15, 0.2) is 30.3 Å². The molecule has 6 nitrogen and oxygen atoms in total. The Labute approximate surface area is 123 Å². The molecule has 1 aliphatic heterocycles. The molecule has 1 heterocycles. The summed E-state index contributed by atoms with van der Waals surface area (Å²) in [4.78, 5) is 24.2. The zero-order chi connectivity index (χ0) is 15.1. The van der Waals surface area contributed by atoms with Gasteiger partial charge in [0.1, 0.15) is 0 Å². The average Bonchev–Trinajstić information content (AvgIpc) is 2.52. The number of allylic oxidation sites excluding steroid dienone is 1. The van der Waals surface area contributed by atoms with Crippen molar-refractivity contribution in [1.29, 1.82) is 0 Å². The molecule has 0 atom stereocenters. The normalized spacial score (nSPS) is 16.2. The number of ether oxygens (including phenoxy) is 1. The lowest BCUT2D eigenvalue weighted by atomic mass is 10.1. The summed E-state index contributed by atoms with van der Waals surface area (Å²) in [6.45, 7) is 3.89. The molecule has 0 N–H and O–H groups in total. The molecule has 21 heavy (non-hydrogen) atoms. The van der Waals surface area contributed by atoms with Gasteiger partial charge < -0.3 is 4.74 Å². The van der Waals surface area contributed by atoms with Gasteiger partial charge in [-0.25, -0.2) is 0 Å². The fourth-order valence-electron chi connectivity index (χ4n) is 2.11. The van der Waals surface area contributed by atoms with E-state index in [2.05, 4.69) is 4.90 Å². The van der Waals surface area contributed by atoms with Crippen LogP contribution in [0.25, 0.3) is 6.08 Å². The first-order valence-corrected chi connectivity index (χ1v) is 6.90. The number of hydrogen-bond donors (Lipinski definition) is 0. The van der Waals surface area contributed by atoms with Crippen molar-refractivity contribution < 1.29 is 14.5 Å². The van der Waals surface area contributed by atoms with E-state index < -0.39 is 4.92 Å². The first kappa shape index (κ1) is 15.3. The van der Waals surface area contributed by atoms with Crippen LogP contribution in [0.2, 0.25) is 0 Å². The van der Waals surface area contributed by atoms with Gasteiger partial charge in [-0.15, -0.1) is 0 Å². The number of non-ortho nitro benzene ring substituents is 1. The number of nitrogens with zero attached hydrogens (tertiary/aromatic N) is 2. The lowest BCUT2D eigenvalue weighted by molar-refractivity contribution is -0.384. The summed E-state index contributed by atoms with van der Waals surface area (Å²) in [5, 5.41) is 10.7. The smallest absolute Gasteiger partial charge is 0.270 e. The number of carbonyl (C=O) groups excluding carboxylic acids is 1. The van der Waals surface area contributed by atoms with E-state index in [0.717, 1.165) is 32.8 Å². The van der Waals surface area contributed by atoms with Crippen molar-refractivity contribution in [2.24, 2.45) is 0 Å². The summed E-state index contributed by atoms with van der Waals surface area (Å²) in [5.41, 5.74) is 0.682. The molecule has 0 spiro atoms. The van der Waals surface area contributed by atoms with Gasteiger partial charge in [0.05, 0.1) is 18.1 Å². The molecule has 1 fully saturated rings. The molecule has 0 unspecified atom stereocenters. The minimum Gasteiger partial charge on any atom is -0.379 e. The molecule has 1 aromatic carbocycles. The minimum absolute atomic E-state index is 0.0213. The highest BCUT2D eigenvalue weighted by Crippen LogP contribution is 2.14. The van der Waals surface area contributed by atoms with E-state index >= 15 is 0 Å². The van der Waals surface area contributed by atoms with Crippen LogP contribution in [0.1, 0.15) is 12.0 Å². The summed E-state index contributed by atoms with van der Waals surface area (Å²) in [6.07, 6.45) is 3.56. The second-order valence-corrected chi connectivity index (χ2v) is 4.86. The highest BCUT2D eigenvalue weighted by atomic mass is 16.6. The number of morpholine rings is 1. The van der Waals surface area contributed by atoms with E-state index in [1.54, 1.807) is 18.2 Å². The summed E-state index contributed by atoms with van der Waals surface area (Å²) in [5.74, 6) is 0.0213. The molecule has 0 radical (unpaired) electrons. The Morgan fingerprint density at radius 1 is 1.38 bits per heavy atom. The van der Waals surface area contributed by atoms with E-state index in [9.17, 15) is 14.9 Å². The molecule has 1 saturated heterocycles. The second kappa shape index (κ2) is 7.66. The zero-order valence-corrected chi connectivity index (χ0v) is 11.7. The number of benzene rings is 1. The molecule has 6 heteroatoms. The Bertz CT molecular complexity index is 536. The van der Waals surface area contributed by atoms with Crippen LogP contribution in [0.3, 0.4) is 0 Å². The van der Waals surface area contributed by atoms with Crippen LogP contribution < -0.4 is 0 Å². The summed E-state index contributed by atoms with van der Waals surface area (Å²) in [7, 11) is 0. The lowest BCUT2D eigenvalue weighted by Crippen LogP contribution is -2.37. The quantitative estimate of drug-likeness (QED) is 0.454. The maximum Gasteiger partial charge on any atom is 0.270 e. The Kier molecular flexibility index (Phi) is 5.59. The SMILES string of the molecule is O=C(/C=C/c1cccc([N+](=O)[O-])c1)CCN1CCOCC1. The predicted octanol–water partition coefficient (Wildman–Crippen LogP) is 1.90. The highest BCUT2D eigenvalue weighted by molar-refractivity contribution is 5.93. The van der Waals surface area contributed by atoms with Gasteiger partial charge in [-0.1, -0.05) is 18.2 Å². The molecule has 0 aromatic heterocycles. The molecular formula is C15H18N2O4. The molecule has 1 aliphatic rings. The van der Waals surface area contributed by atoms with Gasteiger partial charge in [0.2, 0.25) is 0 Å². The summed E-state index contributed by atoms with van der Waals surface area (Å²) in [6, 6.07) is 6.22. The van der Waals surface area contributed by atoms with E-state index in [4.69, 9.17) is 4.74 Å². The lowest BCUT2D eigenvalue weighted by Gasteiger charge is -2.25. The monoisotopic (exact) mass is 290 g/mol. The Morgan fingerprint density at radius 3 is 2.86 bits per heavy atom. The first-order chi connectivity index (χ1) is 10.1. The molecule has 1 aromatic rings. The average molecular weight is 290 g/mol. The fraction of sp³-hybridized carbons (Fsp3) is 0.400. The number of hydrogen-bond acceptors (Lipinski definition) is 5. The van der Waals surface area contributed by atoms with Crippen molar-refractivity contribution in [2.45, 2.75) is 6.42 Å². The zero-order valence-electron chi connectivity index (χ0n) is 11.7. The first-order valence-electron chi connectivity index (χ1n) is 6.90. The highest BCUT2D eigenvalue weighted by Gasteiger charge is 2.11. The van der Waals surface area contributed by atoms with Crippen LogP contribution >= 0.6 is 0 Å². The van der Waals surface area contributed by atoms with Crippen molar-refractivity contribution in [3.63, 3.8) is 0 Å². The fourth-order valence-corrected chi connectivity index (χ4v) is 2.11. The van der Waals surface area contributed by atoms with Gasteiger partial charge >= 0.3 is 0 Å². The van der Waals surface area contributed by atoms with E-state index in [0.29, 0.717) is 12.0 Å². The predicted molar refractivity (Wildman–Crippen MR) is 79.0 cm³/mol. The van der Waals surface area contributed by atoms with Crippen LogP contribution in [-0.4, -0.2) is 48.5 Å². The van der Waals surface area contributed by atoms with Crippen LogP contribution in [0.4, 0.5) is 5.69 Å².